The second-order valence-electron chi connectivity index (χ2n) is 7.49. The Bertz CT molecular complexity index is 1220. The number of ether oxygens (including phenoxy) is 3. The lowest BCUT2D eigenvalue weighted by molar-refractivity contribution is -0.277. The summed E-state index contributed by atoms with van der Waals surface area (Å²) in [5.41, 5.74) is -0.00864. The lowest BCUT2D eigenvalue weighted by atomic mass is 9.99. The van der Waals surface area contributed by atoms with Gasteiger partial charge in [0.1, 0.15) is 47.8 Å². The Hall–Kier alpha value is -3.35. The van der Waals surface area contributed by atoms with Gasteiger partial charge in [0.05, 0.1) is 24.7 Å². The summed E-state index contributed by atoms with van der Waals surface area (Å²) in [6.45, 7) is -0.644. The van der Waals surface area contributed by atoms with E-state index in [0.29, 0.717) is 0 Å². The molecule has 11 heteroatoms. The average Bonchev–Trinajstić information content (AvgIpc) is 2.80. The molecule has 2 aromatic carbocycles. The summed E-state index contributed by atoms with van der Waals surface area (Å²) in [4.78, 5) is 13.0. The van der Waals surface area contributed by atoms with Crippen LogP contribution in [0.5, 0.6) is 23.0 Å². The van der Waals surface area contributed by atoms with E-state index in [1.807, 2.05) is 0 Å². The van der Waals surface area contributed by atoms with Crippen LogP contribution < -0.4 is 14.9 Å². The number of aromatic hydroxyl groups is 2. The second kappa shape index (κ2) is 8.89. The van der Waals surface area contributed by atoms with Crippen molar-refractivity contribution in [1.29, 1.82) is 0 Å². The number of aliphatic hydroxyl groups is 4. The van der Waals surface area contributed by atoms with Crippen molar-refractivity contribution in [2.24, 2.45) is 0 Å². The first kappa shape index (κ1) is 22.8. The summed E-state index contributed by atoms with van der Waals surface area (Å²) < 4.78 is 21.6. The minimum Gasteiger partial charge on any atom is -0.508 e. The van der Waals surface area contributed by atoms with E-state index in [4.69, 9.17) is 18.6 Å². The highest BCUT2D eigenvalue weighted by Crippen LogP contribution is 2.40. The number of benzene rings is 2. The van der Waals surface area contributed by atoms with Gasteiger partial charge in [-0.15, -0.1) is 0 Å². The van der Waals surface area contributed by atoms with E-state index >= 15 is 0 Å². The van der Waals surface area contributed by atoms with E-state index in [2.05, 4.69) is 0 Å². The Morgan fingerprint density at radius 3 is 2.42 bits per heavy atom. The smallest absolute Gasteiger partial charge is 0.229 e. The van der Waals surface area contributed by atoms with Crippen LogP contribution in [0.3, 0.4) is 0 Å². The van der Waals surface area contributed by atoms with E-state index in [-0.39, 0.29) is 39.3 Å². The van der Waals surface area contributed by atoms with Crippen LogP contribution in [0.1, 0.15) is 0 Å². The van der Waals surface area contributed by atoms with Crippen molar-refractivity contribution in [3.63, 3.8) is 0 Å². The fourth-order valence-corrected chi connectivity index (χ4v) is 3.62. The third-order valence-electron chi connectivity index (χ3n) is 5.42. The van der Waals surface area contributed by atoms with Crippen molar-refractivity contribution in [2.45, 2.75) is 30.7 Å². The Labute approximate surface area is 186 Å². The lowest BCUT2D eigenvalue weighted by Gasteiger charge is -2.39. The third kappa shape index (κ3) is 4.08. The Kier molecular flexibility index (Phi) is 6.15. The molecule has 3 aromatic rings. The molecule has 0 bridgehead atoms. The summed E-state index contributed by atoms with van der Waals surface area (Å²) in [6.07, 6.45) is -6.47. The molecule has 0 unspecified atom stereocenters. The van der Waals surface area contributed by atoms with Gasteiger partial charge in [0, 0.05) is 17.7 Å². The molecule has 1 aliphatic heterocycles. The zero-order valence-electron chi connectivity index (χ0n) is 17.3. The van der Waals surface area contributed by atoms with Gasteiger partial charge in [0.15, 0.2) is 11.5 Å². The van der Waals surface area contributed by atoms with Gasteiger partial charge in [-0.3, -0.25) is 4.79 Å². The summed E-state index contributed by atoms with van der Waals surface area (Å²) in [5, 5.41) is 59.6. The molecule has 176 valence electrons. The van der Waals surface area contributed by atoms with Crippen LogP contribution in [0.2, 0.25) is 0 Å². The first-order valence-corrected chi connectivity index (χ1v) is 9.88. The molecular formula is C22H22O11. The van der Waals surface area contributed by atoms with Gasteiger partial charge in [0.2, 0.25) is 11.7 Å². The molecule has 0 radical (unpaired) electrons. The first-order valence-electron chi connectivity index (χ1n) is 9.88. The topological polar surface area (TPSA) is 179 Å². The molecule has 0 saturated carbocycles. The summed E-state index contributed by atoms with van der Waals surface area (Å²) in [6, 6.07) is 6.48. The van der Waals surface area contributed by atoms with E-state index < -0.39 is 48.5 Å². The Balaban J connectivity index is 1.71. The molecule has 2 heterocycles. The monoisotopic (exact) mass is 462 g/mol. The minimum atomic E-state index is -1.68. The molecule has 0 spiro atoms. The van der Waals surface area contributed by atoms with Crippen molar-refractivity contribution in [3.8, 4) is 34.1 Å². The van der Waals surface area contributed by atoms with E-state index in [0.717, 1.165) is 0 Å². The second-order valence-corrected chi connectivity index (χ2v) is 7.49. The van der Waals surface area contributed by atoms with Crippen LogP contribution in [0, 0.1) is 0 Å². The number of aliphatic hydroxyl groups excluding tert-OH is 4. The molecule has 0 amide bonds. The fourth-order valence-electron chi connectivity index (χ4n) is 3.62. The van der Waals surface area contributed by atoms with Crippen LogP contribution in [0.15, 0.2) is 45.8 Å². The predicted molar refractivity (Wildman–Crippen MR) is 112 cm³/mol. The summed E-state index contributed by atoms with van der Waals surface area (Å²) >= 11 is 0. The molecule has 1 aromatic heterocycles. The van der Waals surface area contributed by atoms with Crippen LogP contribution in [0.4, 0.5) is 0 Å². The SMILES string of the molecule is COc1cc(O[C@@H]2O[C@H](CO)[C@@H](O)[C@H](O)[C@H]2O)c(O)cc1-c1coc2cc(O)ccc2c1=O. The quantitative estimate of drug-likeness (QED) is 0.302. The van der Waals surface area contributed by atoms with Crippen molar-refractivity contribution in [1.82, 2.24) is 0 Å². The first-order chi connectivity index (χ1) is 15.7. The maximum Gasteiger partial charge on any atom is 0.229 e. The zero-order chi connectivity index (χ0) is 23.9. The maximum absolute atomic E-state index is 13.0. The fraction of sp³-hybridized carbons (Fsp3) is 0.318. The standard InChI is InChI=1S/C22H22O11/c1-30-14-6-16(32-22-21(29)20(28)19(27)17(7-23)33-22)13(25)5-11(14)12-8-31-15-4-9(24)2-3-10(15)18(12)26/h2-6,8,17,19-25,27-29H,7H2,1H3/t17-,19-,20+,21-,22-/m1/s1. The molecule has 1 aliphatic rings. The molecule has 11 nitrogen and oxygen atoms in total. The van der Waals surface area contributed by atoms with E-state index in [1.165, 1.54) is 43.7 Å². The molecule has 4 rings (SSSR count). The number of phenolic OH excluding ortho intramolecular Hbond substituents is 2. The van der Waals surface area contributed by atoms with Crippen LogP contribution in [-0.2, 0) is 4.74 Å². The highest BCUT2D eigenvalue weighted by atomic mass is 16.7. The van der Waals surface area contributed by atoms with Crippen LogP contribution >= 0.6 is 0 Å². The number of hydrogen-bond acceptors (Lipinski definition) is 11. The Morgan fingerprint density at radius 2 is 1.73 bits per heavy atom. The van der Waals surface area contributed by atoms with E-state index in [9.17, 15) is 35.4 Å². The van der Waals surface area contributed by atoms with Crippen molar-refractivity contribution in [3.05, 3.63) is 46.8 Å². The molecule has 1 saturated heterocycles. The van der Waals surface area contributed by atoms with Gasteiger partial charge in [-0.1, -0.05) is 0 Å². The normalized spacial score (nSPS) is 25.2. The maximum atomic E-state index is 13.0. The Morgan fingerprint density at radius 1 is 0.970 bits per heavy atom. The minimum absolute atomic E-state index is 0.0664. The largest absolute Gasteiger partial charge is 0.508 e. The molecule has 1 fully saturated rings. The molecule has 5 atom stereocenters. The third-order valence-corrected chi connectivity index (χ3v) is 5.42. The molecular weight excluding hydrogens is 440 g/mol. The molecule has 0 aliphatic carbocycles. The number of methoxy groups -OCH3 is 1. The molecule has 33 heavy (non-hydrogen) atoms. The van der Waals surface area contributed by atoms with Crippen LogP contribution in [-0.4, -0.2) is 75.1 Å². The van der Waals surface area contributed by atoms with Gasteiger partial charge in [-0.05, 0) is 18.2 Å². The summed E-state index contributed by atoms with van der Waals surface area (Å²) in [5.74, 6) is -0.621. The zero-order valence-corrected chi connectivity index (χ0v) is 17.3. The van der Waals surface area contributed by atoms with Crippen LogP contribution in [0.25, 0.3) is 22.1 Å². The van der Waals surface area contributed by atoms with Gasteiger partial charge >= 0.3 is 0 Å². The predicted octanol–water partition coefficient (Wildman–Crippen LogP) is 0.0585. The highest BCUT2D eigenvalue weighted by molar-refractivity contribution is 5.84. The number of fused-ring (bicyclic) bond motifs is 1. The van der Waals surface area contributed by atoms with Gasteiger partial charge < -0.3 is 49.3 Å². The number of hydrogen-bond donors (Lipinski definition) is 6. The van der Waals surface area contributed by atoms with Crippen molar-refractivity contribution < 1.29 is 49.3 Å². The van der Waals surface area contributed by atoms with Crippen molar-refractivity contribution in [2.75, 3.05) is 13.7 Å². The van der Waals surface area contributed by atoms with Gasteiger partial charge in [-0.2, -0.15) is 0 Å². The van der Waals surface area contributed by atoms with Gasteiger partial charge in [0.25, 0.3) is 0 Å². The van der Waals surface area contributed by atoms with Crippen molar-refractivity contribution >= 4 is 11.0 Å². The average molecular weight is 462 g/mol. The highest BCUT2D eigenvalue weighted by Gasteiger charge is 2.45. The lowest BCUT2D eigenvalue weighted by Crippen LogP contribution is -2.60. The number of rotatable bonds is 5. The molecule has 6 N–H and O–H groups in total. The van der Waals surface area contributed by atoms with Gasteiger partial charge in [-0.25, -0.2) is 0 Å². The summed E-state index contributed by atoms with van der Waals surface area (Å²) in [7, 11) is 1.33. The van der Waals surface area contributed by atoms with E-state index in [1.54, 1.807) is 0 Å². The number of phenols is 2.